The van der Waals surface area contributed by atoms with E-state index in [0.717, 1.165) is 12.0 Å². The van der Waals surface area contributed by atoms with Crippen LogP contribution in [0.15, 0.2) is 54.6 Å². The van der Waals surface area contributed by atoms with Crippen LogP contribution in [-0.4, -0.2) is 11.8 Å². The molecule has 0 bridgehead atoms. The number of rotatable bonds is 6. The highest BCUT2D eigenvalue weighted by Gasteiger charge is 2.05. The third-order valence-corrected chi connectivity index (χ3v) is 3.08. The molecule has 3 nitrogen and oxygen atoms in total. The van der Waals surface area contributed by atoms with Crippen LogP contribution < -0.4 is 5.11 Å². The van der Waals surface area contributed by atoms with E-state index >= 15 is 0 Å². The van der Waals surface area contributed by atoms with Crippen molar-refractivity contribution in [3.05, 3.63) is 71.3 Å². The fourth-order valence-corrected chi connectivity index (χ4v) is 2.00. The molecule has 0 heterocycles. The minimum atomic E-state index is -1.20. The zero-order valence-electron chi connectivity index (χ0n) is 11.0. The van der Waals surface area contributed by atoms with Gasteiger partial charge in [0.1, 0.15) is 0 Å². The first kappa shape index (κ1) is 14.0. The first-order valence-corrected chi connectivity index (χ1v) is 6.51. The van der Waals surface area contributed by atoms with E-state index in [0.29, 0.717) is 5.56 Å². The number of Topliss-reactive ketones (excluding diaryl/α,β-unsaturated/α-hetero) is 1. The molecule has 102 valence electrons. The van der Waals surface area contributed by atoms with Gasteiger partial charge in [-0.05, 0) is 24.0 Å². The molecular formula is C17H15O3-. The lowest BCUT2D eigenvalue weighted by molar-refractivity contribution is -0.305. The summed E-state index contributed by atoms with van der Waals surface area (Å²) in [6.45, 7) is 0. The van der Waals surface area contributed by atoms with Crippen molar-refractivity contribution in [1.29, 1.82) is 0 Å². The van der Waals surface area contributed by atoms with Gasteiger partial charge in [0.25, 0.3) is 0 Å². The van der Waals surface area contributed by atoms with Crippen LogP contribution in [0.1, 0.15) is 34.3 Å². The molecule has 0 radical (unpaired) electrons. The van der Waals surface area contributed by atoms with Gasteiger partial charge in [0.05, 0.1) is 0 Å². The summed E-state index contributed by atoms with van der Waals surface area (Å²) in [6, 6.07) is 17.4. The number of hydrogen-bond donors (Lipinski definition) is 0. The normalized spacial score (nSPS) is 10.2. The quantitative estimate of drug-likeness (QED) is 0.752. The highest BCUT2D eigenvalue weighted by molar-refractivity contribution is 5.97. The Labute approximate surface area is 117 Å². The Hall–Kier alpha value is -2.42. The van der Waals surface area contributed by atoms with Gasteiger partial charge in [-0.15, -0.1) is 0 Å². The Kier molecular flexibility index (Phi) is 4.66. The molecule has 0 fully saturated rings. The maximum absolute atomic E-state index is 11.7. The second-order valence-corrected chi connectivity index (χ2v) is 4.65. The number of ketones is 1. The van der Waals surface area contributed by atoms with Crippen molar-refractivity contribution in [2.45, 2.75) is 19.3 Å². The number of aliphatic carboxylic acids is 1. The zero-order valence-corrected chi connectivity index (χ0v) is 11.0. The van der Waals surface area contributed by atoms with Gasteiger partial charge in [-0.25, -0.2) is 0 Å². The Bertz CT molecular complexity index is 585. The van der Waals surface area contributed by atoms with Gasteiger partial charge < -0.3 is 9.90 Å². The average molecular weight is 267 g/mol. The number of carbonyl (C=O) groups is 2. The van der Waals surface area contributed by atoms with Crippen molar-refractivity contribution in [3.8, 4) is 0 Å². The lowest BCUT2D eigenvalue weighted by Crippen LogP contribution is -2.22. The molecule has 0 saturated heterocycles. The Morgan fingerprint density at radius 2 is 1.40 bits per heavy atom. The predicted octanol–water partition coefficient (Wildman–Crippen LogP) is 1.99. The highest BCUT2D eigenvalue weighted by atomic mass is 16.4. The minimum absolute atomic E-state index is 0.0135. The summed E-state index contributed by atoms with van der Waals surface area (Å²) in [7, 11) is 0. The van der Waals surface area contributed by atoms with Crippen LogP contribution in [0.4, 0.5) is 0 Å². The predicted molar refractivity (Wildman–Crippen MR) is 74.3 cm³/mol. The Morgan fingerprint density at radius 3 is 2.00 bits per heavy atom. The molecule has 0 spiro atoms. The van der Waals surface area contributed by atoms with E-state index in [9.17, 15) is 14.7 Å². The summed E-state index contributed by atoms with van der Waals surface area (Å²) < 4.78 is 0. The molecule has 2 aromatic rings. The summed E-state index contributed by atoms with van der Waals surface area (Å²) in [4.78, 5) is 22.1. The van der Waals surface area contributed by atoms with Crippen molar-refractivity contribution in [1.82, 2.24) is 0 Å². The molecule has 0 aliphatic carbocycles. The van der Waals surface area contributed by atoms with Crippen molar-refractivity contribution in [2.75, 3.05) is 0 Å². The van der Waals surface area contributed by atoms with E-state index in [1.54, 1.807) is 12.1 Å². The van der Waals surface area contributed by atoms with Crippen LogP contribution in [0.5, 0.6) is 0 Å². The molecule has 0 N–H and O–H groups in total. The molecule has 0 amide bonds. The van der Waals surface area contributed by atoms with Gasteiger partial charge in [-0.2, -0.15) is 0 Å². The summed E-state index contributed by atoms with van der Waals surface area (Å²) in [5, 5.41) is 10.3. The standard InChI is InChI=1S/C17H16O3/c18-16(10-11-17(19)20)15-8-6-14(7-9-15)12-13-4-2-1-3-5-13/h1-9H,10-12H2,(H,19,20)/p-1. The molecule has 2 rings (SSSR count). The highest BCUT2D eigenvalue weighted by Crippen LogP contribution is 2.12. The zero-order chi connectivity index (χ0) is 14.4. The number of carboxylic acids is 1. The maximum atomic E-state index is 11.7. The second kappa shape index (κ2) is 6.66. The van der Waals surface area contributed by atoms with E-state index in [1.165, 1.54) is 5.56 Å². The minimum Gasteiger partial charge on any atom is -0.550 e. The third kappa shape index (κ3) is 4.05. The monoisotopic (exact) mass is 267 g/mol. The molecule has 0 atom stereocenters. The van der Waals surface area contributed by atoms with Crippen molar-refractivity contribution in [3.63, 3.8) is 0 Å². The smallest absolute Gasteiger partial charge is 0.163 e. The molecule has 0 aliphatic rings. The van der Waals surface area contributed by atoms with Crippen LogP contribution in [-0.2, 0) is 11.2 Å². The lowest BCUT2D eigenvalue weighted by Gasteiger charge is -2.05. The third-order valence-electron chi connectivity index (χ3n) is 3.08. The lowest BCUT2D eigenvalue weighted by atomic mass is 10.0. The van der Waals surface area contributed by atoms with Crippen molar-refractivity contribution < 1.29 is 14.7 Å². The molecule has 2 aromatic carbocycles. The van der Waals surface area contributed by atoms with E-state index in [1.807, 2.05) is 30.3 Å². The van der Waals surface area contributed by atoms with E-state index in [4.69, 9.17) is 0 Å². The van der Waals surface area contributed by atoms with Gasteiger partial charge in [-0.1, -0.05) is 54.6 Å². The fourth-order valence-electron chi connectivity index (χ4n) is 2.00. The molecule has 0 aliphatic heterocycles. The van der Waals surface area contributed by atoms with Crippen LogP contribution in [0.25, 0.3) is 0 Å². The SMILES string of the molecule is O=C([O-])CCC(=O)c1ccc(Cc2ccccc2)cc1. The van der Waals surface area contributed by atoms with Gasteiger partial charge in [0, 0.05) is 18.0 Å². The first-order chi connectivity index (χ1) is 9.65. The Morgan fingerprint density at radius 1 is 0.800 bits per heavy atom. The molecular weight excluding hydrogens is 252 g/mol. The van der Waals surface area contributed by atoms with Crippen LogP contribution >= 0.6 is 0 Å². The summed E-state index contributed by atoms with van der Waals surface area (Å²) in [5.41, 5.74) is 2.87. The average Bonchev–Trinajstić information content (AvgIpc) is 2.46. The number of carbonyl (C=O) groups excluding carboxylic acids is 2. The van der Waals surface area contributed by atoms with E-state index < -0.39 is 5.97 Å². The van der Waals surface area contributed by atoms with Crippen LogP contribution in [0.3, 0.4) is 0 Å². The van der Waals surface area contributed by atoms with E-state index in [-0.39, 0.29) is 18.6 Å². The van der Waals surface area contributed by atoms with E-state index in [2.05, 4.69) is 12.1 Å². The van der Waals surface area contributed by atoms with Gasteiger partial charge in [-0.3, -0.25) is 4.79 Å². The number of benzene rings is 2. The maximum Gasteiger partial charge on any atom is 0.163 e. The van der Waals surface area contributed by atoms with Crippen molar-refractivity contribution >= 4 is 11.8 Å². The number of carboxylic acid groups (broad SMARTS) is 1. The Balaban J connectivity index is 1.99. The van der Waals surface area contributed by atoms with Gasteiger partial charge >= 0.3 is 0 Å². The van der Waals surface area contributed by atoms with Crippen molar-refractivity contribution in [2.24, 2.45) is 0 Å². The van der Waals surface area contributed by atoms with Crippen LogP contribution in [0.2, 0.25) is 0 Å². The van der Waals surface area contributed by atoms with Gasteiger partial charge in [0.2, 0.25) is 0 Å². The molecule has 0 aromatic heterocycles. The summed E-state index contributed by atoms with van der Waals surface area (Å²) in [5.74, 6) is -1.36. The second-order valence-electron chi connectivity index (χ2n) is 4.65. The fraction of sp³-hybridized carbons (Fsp3) is 0.176. The van der Waals surface area contributed by atoms with Crippen LogP contribution in [0, 0.1) is 0 Å². The van der Waals surface area contributed by atoms with Gasteiger partial charge in [0.15, 0.2) is 5.78 Å². The molecule has 0 saturated carbocycles. The number of hydrogen-bond acceptors (Lipinski definition) is 3. The molecule has 0 unspecified atom stereocenters. The summed E-state index contributed by atoms with van der Waals surface area (Å²) in [6.07, 6.45) is 0.569. The summed E-state index contributed by atoms with van der Waals surface area (Å²) >= 11 is 0. The molecule has 3 heteroatoms. The topological polar surface area (TPSA) is 57.2 Å². The molecule has 20 heavy (non-hydrogen) atoms. The first-order valence-electron chi connectivity index (χ1n) is 6.51. The largest absolute Gasteiger partial charge is 0.550 e.